The van der Waals surface area contributed by atoms with Gasteiger partial charge in [0.05, 0.1) is 0 Å². The summed E-state index contributed by atoms with van der Waals surface area (Å²) in [4.78, 5) is 16.2. The van der Waals surface area contributed by atoms with E-state index in [-0.39, 0.29) is 11.7 Å². The Morgan fingerprint density at radius 3 is 2.69 bits per heavy atom. The van der Waals surface area contributed by atoms with Gasteiger partial charge in [-0.15, -0.1) is 0 Å². The zero-order valence-corrected chi connectivity index (χ0v) is 22.2. The molecule has 2 aromatic carbocycles. The van der Waals surface area contributed by atoms with Gasteiger partial charge in [-0.05, 0) is 0 Å². The van der Waals surface area contributed by atoms with Crippen molar-refractivity contribution in [1.82, 2.24) is 10.3 Å². The standard InChI is InChI=1S/C29H29N3O3.V/c1-6-23-10-11-25(27(32-23)29(33)34)31-19(4)24-14-17(2)13-21-9-12-26(35-28(21)24)20-8-7-18(3)22(15-20)16-30-5;/h7-8,10-16,19,30-31H,3,6H2,1-2,4-5H3,(H,33,34);/b22-16-;. The van der Waals surface area contributed by atoms with E-state index < -0.39 is 5.97 Å². The monoisotopic (exact) mass is 518 g/mol. The molecule has 0 saturated carbocycles. The first-order chi connectivity index (χ1) is 17.2. The van der Waals surface area contributed by atoms with E-state index in [1.165, 1.54) is 0 Å². The molecule has 6 nitrogen and oxygen atoms in total. The minimum atomic E-state index is -1.06. The summed E-state index contributed by atoms with van der Waals surface area (Å²) in [5.41, 5.74) is 4.95. The van der Waals surface area contributed by atoms with Crippen molar-refractivity contribution in [3.05, 3.63) is 85.4 Å². The number of nitrogens with zero attached hydrogens (tertiary/aromatic N) is 1. The summed E-state index contributed by atoms with van der Waals surface area (Å²) in [6.45, 7) is 10.1. The third kappa shape index (κ3) is 5.15. The summed E-state index contributed by atoms with van der Waals surface area (Å²) in [5, 5.41) is 19.1. The summed E-state index contributed by atoms with van der Waals surface area (Å²) in [5.74, 6) is -0.321. The molecule has 7 heteroatoms. The van der Waals surface area contributed by atoms with Crippen molar-refractivity contribution < 1.29 is 31.3 Å². The summed E-state index contributed by atoms with van der Waals surface area (Å²) < 4.78 is 7.56. The Morgan fingerprint density at radius 2 is 2.00 bits per heavy atom. The van der Waals surface area contributed by atoms with Crippen molar-refractivity contribution in [1.29, 1.82) is 0 Å². The van der Waals surface area contributed by atoms with Gasteiger partial charge in [0.15, 0.2) is 0 Å². The van der Waals surface area contributed by atoms with Crippen LogP contribution in [0.1, 0.15) is 47.2 Å². The van der Waals surface area contributed by atoms with Crippen LogP contribution in [0.2, 0.25) is 0 Å². The zero-order valence-electron chi connectivity index (χ0n) is 20.8. The molecule has 4 aromatic rings. The van der Waals surface area contributed by atoms with Crippen LogP contribution >= 0.6 is 0 Å². The van der Waals surface area contributed by atoms with Crippen LogP contribution in [-0.2, 0) is 23.4 Å². The Labute approximate surface area is 218 Å². The summed E-state index contributed by atoms with van der Waals surface area (Å²) in [6, 6.07) is 15.6. The van der Waals surface area contributed by atoms with Gasteiger partial charge < -0.3 is 0 Å². The molecule has 0 fully saturated rings. The van der Waals surface area contributed by atoms with Gasteiger partial charge >= 0.3 is 219 Å². The van der Waals surface area contributed by atoms with Crippen LogP contribution in [0, 0.1) is 10.8 Å². The molecule has 0 spiro atoms. The number of rotatable bonds is 7. The first-order valence-corrected chi connectivity index (χ1v) is 12.5. The molecular formula is C29H29N3O3V. The van der Waals surface area contributed by atoms with E-state index in [9.17, 15) is 9.90 Å². The third-order valence-corrected chi connectivity index (χ3v) is 6.68. The maximum atomic E-state index is 11.9. The molecule has 1 unspecified atom stereocenters. The molecule has 0 bridgehead atoms. The normalized spacial score (nSPS) is 12.5. The predicted octanol–water partition coefficient (Wildman–Crippen LogP) is 4.68. The fourth-order valence-corrected chi connectivity index (χ4v) is 4.68. The molecule has 3 N–H and O–H groups in total. The van der Waals surface area contributed by atoms with Crippen molar-refractivity contribution in [3.63, 3.8) is 0 Å². The molecule has 0 radical (unpaired) electrons. The summed E-state index contributed by atoms with van der Waals surface area (Å²) in [7, 11) is 1.86. The molecule has 2 heterocycles. The molecule has 0 amide bonds. The molecule has 0 saturated heterocycles. The molecule has 1 atom stereocenters. The van der Waals surface area contributed by atoms with Crippen LogP contribution in [0.4, 0.5) is 5.69 Å². The van der Waals surface area contributed by atoms with Crippen LogP contribution in [0.15, 0.2) is 52.9 Å². The molecule has 0 aliphatic carbocycles. The predicted molar refractivity (Wildman–Crippen MR) is 141 cm³/mol. The number of aromatic carboxylic acids is 1. The number of nitrogens with one attached hydrogen (secondary N) is 2. The van der Waals surface area contributed by atoms with E-state index >= 15 is 0 Å². The Kier molecular flexibility index (Phi) is 7.48. The van der Waals surface area contributed by atoms with E-state index in [0.717, 1.165) is 53.4 Å². The maximum absolute atomic E-state index is 11.9. The number of hydrogen-bond acceptors (Lipinski definition) is 5. The number of anilines is 1. The number of hydrogen-bond donors (Lipinski definition) is 3. The molecule has 2 aromatic heterocycles. The van der Waals surface area contributed by atoms with E-state index in [4.69, 9.17) is 4.42 Å². The number of carboxylic acid groups (broad SMARTS) is 1. The Morgan fingerprint density at radius 1 is 1.22 bits per heavy atom. The van der Waals surface area contributed by atoms with Gasteiger partial charge in [0.1, 0.15) is 0 Å². The van der Waals surface area contributed by atoms with Crippen LogP contribution in [0.5, 0.6) is 0 Å². The Balaban J connectivity index is 1.85. The topological polar surface area (TPSA) is 87.4 Å². The first-order valence-electron chi connectivity index (χ1n) is 11.8. The average Bonchev–Trinajstić information content (AvgIpc) is 2.85. The van der Waals surface area contributed by atoms with Crippen molar-refractivity contribution >= 4 is 35.4 Å². The number of aryl methyl sites for hydroxylation is 2. The van der Waals surface area contributed by atoms with Gasteiger partial charge in [-0.1, -0.05) is 0 Å². The van der Waals surface area contributed by atoms with Crippen LogP contribution < -0.4 is 21.1 Å². The fraction of sp³-hybridized carbons (Fsp3) is 0.207. The molecule has 0 aliphatic heterocycles. The molecule has 36 heavy (non-hydrogen) atoms. The number of benzene rings is 2. The summed E-state index contributed by atoms with van der Waals surface area (Å²) in [6.07, 6.45) is 2.58. The second kappa shape index (κ2) is 10.6. The van der Waals surface area contributed by atoms with E-state index in [1.807, 2.05) is 64.4 Å². The molecule has 183 valence electrons. The minimum absolute atomic E-state index is 0.0187. The van der Waals surface area contributed by atoms with Gasteiger partial charge in [-0.2, -0.15) is 0 Å². The van der Waals surface area contributed by atoms with Gasteiger partial charge in [0.2, 0.25) is 0 Å². The number of carboxylic acids is 1. The number of pyridine rings is 1. The van der Waals surface area contributed by atoms with Gasteiger partial charge in [-0.3, -0.25) is 0 Å². The van der Waals surface area contributed by atoms with Gasteiger partial charge in [0, 0.05) is 0 Å². The fourth-order valence-electron chi connectivity index (χ4n) is 4.24. The summed E-state index contributed by atoms with van der Waals surface area (Å²) >= 11 is 2.63. The number of carbonyl (C=O) groups is 1. The van der Waals surface area contributed by atoms with Gasteiger partial charge in [0.25, 0.3) is 0 Å². The number of aromatic nitrogens is 1. The quantitative estimate of drug-likeness (QED) is 0.329. The molecule has 0 aliphatic rings. The van der Waals surface area contributed by atoms with Crippen LogP contribution in [-0.4, -0.2) is 23.1 Å². The van der Waals surface area contributed by atoms with E-state index in [0.29, 0.717) is 12.1 Å². The Hall–Kier alpha value is -3.61. The van der Waals surface area contributed by atoms with Crippen LogP contribution in [0.3, 0.4) is 0 Å². The van der Waals surface area contributed by atoms with Gasteiger partial charge in [-0.25, -0.2) is 0 Å². The first kappa shape index (κ1) is 25.5. The second-order valence-electron chi connectivity index (χ2n) is 8.80. The number of fused-ring (bicyclic) bond motifs is 1. The van der Waals surface area contributed by atoms with Crippen LogP contribution in [0.25, 0.3) is 35.1 Å². The van der Waals surface area contributed by atoms with E-state index in [1.54, 1.807) is 6.07 Å². The molecule has 4 rings (SSSR count). The third-order valence-electron chi connectivity index (χ3n) is 6.10. The van der Waals surface area contributed by atoms with Crippen molar-refractivity contribution in [2.75, 3.05) is 12.4 Å². The Bertz CT molecular complexity index is 1640. The SMILES string of the molecule is C=c1ccc(-c2c[c](=[V])c3cc(C)cc(C(C)Nc4ccc(CC)nc4C(=O)O)c3o2)c/c1=C/NC. The van der Waals surface area contributed by atoms with Crippen molar-refractivity contribution in [2.45, 2.75) is 33.2 Å². The van der Waals surface area contributed by atoms with E-state index in [2.05, 4.69) is 51.3 Å². The van der Waals surface area contributed by atoms with Crippen molar-refractivity contribution in [3.8, 4) is 11.3 Å². The zero-order chi connectivity index (χ0) is 26.0. The molecular weight excluding hydrogens is 489 g/mol. The average molecular weight is 519 g/mol. The van der Waals surface area contributed by atoms with Crippen molar-refractivity contribution in [2.24, 2.45) is 0 Å². The second-order valence-corrected chi connectivity index (χ2v) is 9.55.